The van der Waals surface area contributed by atoms with E-state index in [1.807, 2.05) is 60.4 Å². The van der Waals surface area contributed by atoms with E-state index in [0.29, 0.717) is 49.3 Å². The van der Waals surface area contributed by atoms with Crippen molar-refractivity contribution in [3.8, 4) is 11.5 Å². The summed E-state index contributed by atoms with van der Waals surface area (Å²) in [4.78, 5) is 29.4. The molecule has 1 unspecified atom stereocenters. The van der Waals surface area contributed by atoms with Crippen LogP contribution in [0, 0.1) is 0 Å². The van der Waals surface area contributed by atoms with Crippen molar-refractivity contribution in [3.63, 3.8) is 0 Å². The largest absolute Gasteiger partial charge is 0.457 e. The van der Waals surface area contributed by atoms with Crippen molar-refractivity contribution in [2.75, 3.05) is 26.2 Å². The summed E-state index contributed by atoms with van der Waals surface area (Å²) >= 11 is 0. The van der Waals surface area contributed by atoms with Crippen molar-refractivity contribution < 1.29 is 14.3 Å². The molecule has 0 aromatic heterocycles. The van der Waals surface area contributed by atoms with Gasteiger partial charge in [-0.15, -0.1) is 0 Å². The van der Waals surface area contributed by atoms with Gasteiger partial charge in [0, 0.05) is 32.2 Å². The Labute approximate surface area is 171 Å². The first kappa shape index (κ1) is 19.5. The van der Waals surface area contributed by atoms with E-state index in [1.165, 1.54) is 0 Å². The highest BCUT2D eigenvalue weighted by molar-refractivity contribution is 5.97. The van der Waals surface area contributed by atoms with Crippen LogP contribution in [0.25, 0.3) is 0 Å². The van der Waals surface area contributed by atoms with Gasteiger partial charge in [0.05, 0.1) is 11.6 Å². The predicted octanol–water partition coefficient (Wildman–Crippen LogP) is 2.90. The van der Waals surface area contributed by atoms with Gasteiger partial charge in [-0.05, 0) is 44.0 Å². The average molecular weight is 393 g/mol. The number of ether oxygens (including phenoxy) is 1. The van der Waals surface area contributed by atoms with Crippen LogP contribution in [0.1, 0.15) is 30.1 Å². The summed E-state index contributed by atoms with van der Waals surface area (Å²) < 4.78 is 5.94. The Kier molecular flexibility index (Phi) is 5.81. The second kappa shape index (κ2) is 8.66. The first-order valence-corrected chi connectivity index (χ1v) is 10.3. The number of nitrogens with one attached hydrogen (secondary N) is 1. The molecular formula is C23H27N3O3. The van der Waals surface area contributed by atoms with E-state index in [2.05, 4.69) is 10.2 Å². The number of piperazine rings is 1. The summed E-state index contributed by atoms with van der Waals surface area (Å²) in [5, 5.41) is 3.06. The first-order chi connectivity index (χ1) is 14.1. The Bertz CT molecular complexity index is 859. The van der Waals surface area contributed by atoms with Gasteiger partial charge in [-0.2, -0.15) is 0 Å². The molecule has 1 N–H and O–H groups in total. The van der Waals surface area contributed by atoms with Gasteiger partial charge >= 0.3 is 0 Å². The minimum absolute atomic E-state index is 0.0359. The van der Waals surface area contributed by atoms with E-state index in [9.17, 15) is 9.59 Å². The molecule has 0 bridgehead atoms. The Morgan fingerprint density at radius 2 is 1.62 bits per heavy atom. The van der Waals surface area contributed by atoms with Gasteiger partial charge in [-0.3, -0.25) is 14.5 Å². The van der Waals surface area contributed by atoms with Crippen LogP contribution in [0.3, 0.4) is 0 Å². The molecule has 2 aromatic rings. The third-order valence-corrected chi connectivity index (χ3v) is 5.54. The van der Waals surface area contributed by atoms with Crippen LogP contribution in [0.15, 0.2) is 54.6 Å². The lowest BCUT2D eigenvalue weighted by Crippen LogP contribution is -2.55. The summed E-state index contributed by atoms with van der Waals surface area (Å²) in [5.74, 6) is 1.32. The Balaban J connectivity index is 1.38. The fourth-order valence-electron chi connectivity index (χ4n) is 3.55. The van der Waals surface area contributed by atoms with Crippen LogP contribution >= 0.6 is 0 Å². The molecule has 2 amide bonds. The lowest BCUT2D eigenvalue weighted by Gasteiger charge is -2.37. The summed E-state index contributed by atoms with van der Waals surface area (Å²) in [6, 6.07) is 17.0. The summed E-state index contributed by atoms with van der Waals surface area (Å²) in [6.07, 6.45) is 2.18. The molecule has 0 radical (unpaired) electrons. The Morgan fingerprint density at radius 1 is 0.966 bits per heavy atom. The molecule has 4 rings (SSSR count). The zero-order valence-electron chi connectivity index (χ0n) is 16.7. The maximum atomic E-state index is 13.1. The van der Waals surface area contributed by atoms with E-state index >= 15 is 0 Å². The van der Waals surface area contributed by atoms with Gasteiger partial charge < -0.3 is 15.0 Å². The lowest BCUT2D eigenvalue weighted by atomic mass is 10.1. The van der Waals surface area contributed by atoms with Crippen molar-refractivity contribution in [3.05, 3.63) is 60.2 Å². The van der Waals surface area contributed by atoms with E-state index in [4.69, 9.17) is 4.74 Å². The van der Waals surface area contributed by atoms with E-state index in [1.54, 1.807) is 6.07 Å². The highest BCUT2D eigenvalue weighted by Crippen LogP contribution is 2.26. The molecule has 6 heteroatoms. The molecule has 2 fully saturated rings. The maximum Gasteiger partial charge on any atom is 0.257 e. The van der Waals surface area contributed by atoms with Crippen molar-refractivity contribution in [2.45, 2.75) is 31.8 Å². The van der Waals surface area contributed by atoms with Crippen molar-refractivity contribution >= 4 is 11.8 Å². The van der Waals surface area contributed by atoms with Gasteiger partial charge in [0.15, 0.2) is 0 Å². The third kappa shape index (κ3) is 4.77. The Hall–Kier alpha value is -2.86. The summed E-state index contributed by atoms with van der Waals surface area (Å²) in [6.45, 7) is 4.51. The van der Waals surface area contributed by atoms with E-state index in [-0.39, 0.29) is 17.9 Å². The van der Waals surface area contributed by atoms with Gasteiger partial charge in [0.25, 0.3) is 5.91 Å². The zero-order valence-corrected chi connectivity index (χ0v) is 16.7. The monoisotopic (exact) mass is 393 g/mol. The molecule has 152 valence electrons. The molecular weight excluding hydrogens is 366 g/mol. The van der Waals surface area contributed by atoms with Crippen LogP contribution < -0.4 is 10.1 Å². The normalized spacial score (nSPS) is 18.2. The van der Waals surface area contributed by atoms with Gasteiger partial charge in [-0.1, -0.05) is 30.3 Å². The number of hydrogen-bond acceptors (Lipinski definition) is 4. The molecule has 1 heterocycles. The molecule has 6 nitrogen and oxygen atoms in total. The molecule has 1 aliphatic heterocycles. The molecule has 1 saturated heterocycles. The maximum absolute atomic E-state index is 13.1. The minimum atomic E-state index is -0.165. The molecule has 2 aliphatic rings. The fourth-order valence-corrected chi connectivity index (χ4v) is 3.55. The average Bonchev–Trinajstić information content (AvgIpc) is 3.58. The number of para-hydroxylation sites is 2. The van der Waals surface area contributed by atoms with Crippen molar-refractivity contribution in [1.29, 1.82) is 0 Å². The second-order valence-electron chi connectivity index (χ2n) is 7.70. The van der Waals surface area contributed by atoms with Crippen LogP contribution in [0.5, 0.6) is 11.5 Å². The van der Waals surface area contributed by atoms with Crippen LogP contribution in [0.2, 0.25) is 0 Å². The smallest absolute Gasteiger partial charge is 0.257 e. The predicted molar refractivity (Wildman–Crippen MR) is 111 cm³/mol. The number of carbonyl (C=O) groups excluding carboxylic acids is 2. The summed E-state index contributed by atoms with van der Waals surface area (Å²) in [5.41, 5.74) is 0.560. The standard InChI is InChI=1S/C23H27N3O3/c1-17(22(27)24-18-11-12-18)25-13-15-26(16-14-25)23(28)20-9-5-6-10-21(20)29-19-7-3-2-4-8-19/h2-10,17-18H,11-16H2,1H3,(H,24,27). The fraction of sp³-hybridized carbons (Fsp3) is 0.391. The van der Waals surface area contributed by atoms with Gasteiger partial charge in [0.2, 0.25) is 5.91 Å². The molecule has 0 spiro atoms. The van der Waals surface area contributed by atoms with Crippen molar-refractivity contribution in [1.82, 2.24) is 15.1 Å². The number of carbonyl (C=O) groups is 2. The van der Waals surface area contributed by atoms with Gasteiger partial charge in [0.1, 0.15) is 11.5 Å². The highest BCUT2D eigenvalue weighted by Gasteiger charge is 2.31. The lowest BCUT2D eigenvalue weighted by molar-refractivity contribution is -0.126. The van der Waals surface area contributed by atoms with Crippen LogP contribution in [0.4, 0.5) is 0 Å². The topological polar surface area (TPSA) is 61.9 Å². The highest BCUT2D eigenvalue weighted by atomic mass is 16.5. The molecule has 1 aliphatic carbocycles. The van der Waals surface area contributed by atoms with E-state index in [0.717, 1.165) is 12.8 Å². The van der Waals surface area contributed by atoms with Gasteiger partial charge in [-0.25, -0.2) is 0 Å². The third-order valence-electron chi connectivity index (χ3n) is 5.54. The van der Waals surface area contributed by atoms with Crippen LogP contribution in [-0.4, -0.2) is 59.9 Å². The summed E-state index contributed by atoms with van der Waals surface area (Å²) in [7, 11) is 0. The number of rotatable bonds is 6. The first-order valence-electron chi connectivity index (χ1n) is 10.3. The molecule has 29 heavy (non-hydrogen) atoms. The van der Waals surface area contributed by atoms with Crippen LogP contribution in [-0.2, 0) is 4.79 Å². The minimum Gasteiger partial charge on any atom is -0.457 e. The second-order valence-corrected chi connectivity index (χ2v) is 7.70. The number of hydrogen-bond donors (Lipinski definition) is 1. The SMILES string of the molecule is CC(C(=O)NC1CC1)N1CCN(C(=O)c2ccccc2Oc2ccccc2)CC1. The quantitative estimate of drug-likeness (QED) is 0.820. The molecule has 2 aromatic carbocycles. The Morgan fingerprint density at radius 3 is 2.31 bits per heavy atom. The molecule has 1 atom stereocenters. The number of benzene rings is 2. The number of nitrogens with zero attached hydrogens (tertiary/aromatic N) is 2. The van der Waals surface area contributed by atoms with Crippen molar-refractivity contribution in [2.24, 2.45) is 0 Å². The van der Waals surface area contributed by atoms with E-state index < -0.39 is 0 Å². The molecule has 1 saturated carbocycles. The zero-order chi connectivity index (χ0) is 20.2. The number of amides is 2.